The van der Waals surface area contributed by atoms with Crippen molar-refractivity contribution in [1.29, 1.82) is 0 Å². The van der Waals surface area contributed by atoms with Gasteiger partial charge in [0.2, 0.25) is 5.91 Å². The van der Waals surface area contributed by atoms with Gasteiger partial charge in [-0.1, -0.05) is 31.5 Å². The number of aromatic nitrogens is 1. The zero-order valence-corrected chi connectivity index (χ0v) is 11.9. The molecule has 104 valence electrons. The van der Waals surface area contributed by atoms with Gasteiger partial charge in [0, 0.05) is 29.6 Å². The van der Waals surface area contributed by atoms with Crippen molar-refractivity contribution < 1.29 is 4.79 Å². The minimum atomic E-state index is 0.275. The number of piperidine rings is 1. The van der Waals surface area contributed by atoms with Crippen molar-refractivity contribution in [3.63, 3.8) is 0 Å². The Morgan fingerprint density at radius 3 is 3.00 bits per heavy atom. The Hall–Kier alpha value is -1.77. The minimum Gasteiger partial charge on any atom is -0.356 e. The first-order valence-corrected chi connectivity index (χ1v) is 7.68. The van der Waals surface area contributed by atoms with Crippen LogP contribution in [0.4, 0.5) is 0 Å². The number of amides is 1. The van der Waals surface area contributed by atoms with Crippen LogP contribution < -0.4 is 0 Å². The highest BCUT2D eigenvalue weighted by Crippen LogP contribution is 2.43. The van der Waals surface area contributed by atoms with Gasteiger partial charge in [-0.05, 0) is 30.4 Å². The molecule has 0 radical (unpaired) electrons. The van der Waals surface area contributed by atoms with Crippen LogP contribution in [0.3, 0.4) is 0 Å². The molecular weight excluding hydrogens is 248 g/mol. The summed E-state index contributed by atoms with van der Waals surface area (Å²) in [5.74, 6) is 0.934. The van der Waals surface area contributed by atoms with Crippen molar-refractivity contribution in [2.24, 2.45) is 5.92 Å². The first kappa shape index (κ1) is 12.0. The third-order valence-electron chi connectivity index (χ3n) is 5.10. The van der Waals surface area contributed by atoms with Gasteiger partial charge >= 0.3 is 0 Å². The molecule has 1 amide bonds. The van der Waals surface area contributed by atoms with E-state index in [0.29, 0.717) is 11.8 Å². The van der Waals surface area contributed by atoms with E-state index in [9.17, 15) is 4.79 Å². The van der Waals surface area contributed by atoms with Gasteiger partial charge in [-0.15, -0.1) is 0 Å². The number of aromatic amines is 1. The molecule has 2 aliphatic rings. The molecule has 20 heavy (non-hydrogen) atoms. The van der Waals surface area contributed by atoms with E-state index in [2.05, 4.69) is 41.1 Å². The highest BCUT2D eigenvalue weighted by Gasteiger charge is 2.40. The van der Waals surface area contributed by atoms with E-state index in [1.165, 1.54) is 22.2 Å². The van der Waals surface area contributed by atoms with Gasteiger partial charge in [-0.2, -0.15) is 0 Å². The lowest BCUT2D eigenvalue weighted by molar-refractivity contribution is -0.139. The van der Waals surface area contributed by atoms with Crippen molar-refractivity contribution in [3.8, 4) is 0 Å². The summed E-state index contributed by atoms with van der Waals surface area (Å²) < 4.78 is 0. The van der Waals surface area contributed by atoms with Crippen LogP contribution in [0, 0.1) is 5.92 Å². The maximum absolute atomic E-state index is 12.2. The maximum Gasteiger partial charge on any atom is 0.223 e. The fourth-order valence-electron chi connectivity index (χ4n) is 4.08. The van der Waals surface area contributed by atoms with Crippen LogP contribution in [-0.4, -0.2) is 22.3 Å². The summed E-state index contributed by atoms with van der Waals surface area (Å²) in [5, 5.41) is 1.34. The molecule has 2 unspecified atom stereocenters. The molecule has 4 rings (SSSR count). The van der Waals surface area contributed by atoms with Crippen molar-refractivity contribution in [1.82, 2.24) is 9.88 Å². The second kappa shape index (κ2) is 4.37. The van der Waals surface area contributed by atoms with Gasteiger partial charge in [0.1, 0.15) is 0 Å². The smallest absolute Gasteiger partial charge is 0.223 e. The number of carbonyl (C=O) groups excluding carboxylic acids is 1. The predicted molar refractivity (Wildman–Crippen MR) is 79.5 cm³/mol. The number of rotatable bonds is 1. The molecule has 2 aromatic rings. The summed E-state index contributed by atoms with van der Waals surface area (Å²) in [4.78, 5) is 18.0. The SMILES string of the molecule is CCC1CCC(=O)N2CCc3c([nH]c4ccccc34)C12. The first-order valence-electron chi connectivity index (χ1n) is 7.68. The summed E-state index contributed by atoms with van der Waals surface area (Å²) >= 11 is 0. The topological polar surface area (TPSA) is 36.1 Å². The van der Waals surface area contributed by atoms with E-state index in [4.69, 9.17) is 0 Å². The Labute approximate surface area is 119 Å². The molecule has 3 nitrogen and oxygen atoms in total. The fourth-order valence-corrected chi connectivity index (χ4v) is 4.08. The van der Waals surface area contributed by atoms with Gasteiger partial charge in [-0.3, -0.25) is 4.79 Å². The highest BCUT2D eigenvalue weighted by molar-refractivity contribution is 5.86. The number of benzene rings is 1. The van der Waals surface area contributed by atoms with Gasteiger partial charge in [-0.25, -0.2) is 0 Å². The molecule has 1 N–H and O–H groups in total. The standard InChI is InChI=1S/C17H20N2O/c1-2-11-7-8-15(20)19-10-9-13-12-5-3-4-6-14(12)18-16(13)17(11)19/h3-6,11,17-18H,2,7-10H2,1H3. The normalized spacial score (nSPS) is 25.6. The van der Waals surface area contributed by atoms with E-state index in [1.54, 1.807) is 0 Å². The lowest BCUT2D eigenvalue weighted by Crippen LogP contribution is -2.46. The quantitative estimate of drug-likeness (QED) is 0.845. The van der Waals surface area contributed by atoms with Crippen LogP contribution in [0.1, 0.15) is 43.5 Å². The van der Waals surface area contributed by atoms with Crippen molar-refractivity contribution in [2.45, 2.75) is 38.6 Å². The van der Waals surface area contributed by atoms with Gasteiger partial charge in [0.15, 0.2) is 0 Å². The number of H-pyrrole nitrogens is 1. The Kier molecular flexibility index (Phi) is 2.62. The van der Waals surface area contributed by atoms with E-state index in [1.807, 2.05) is 0 Å². The lowest BCUT2D eigenvalue weighted by atomic mass is 9.81. The molecule has 1 fully saturated rings. The van der Waals surface area contributed by atoms with Crippen LogP contribution in [0.2, 0.25) is 0 Å². The minimum absolute atomic E-state index is 0.275. The van der Waals surface area contributed by atoms with Crippen LogP contribution in [0.5, 0.6) is 0 Å². The molecule has 2 aliphatic heterocycles. The maximum atomic E-state index is 12.2. The van der Waals surface area contributed by atoms with Gasteiger partial charge in [0.25, 0.3) is 0 Å². The number of hydrogen-bond acceptors (Lipinski definition) is 1. The molecular formula is C17H20N2O. The Morgan fingerprint density at radius 1 is 1.30 bits per heavy atom. The van der Waals surface area contributed by atoms with E-state index in [-0.39, 0.29) is 6.04 Å². The molecule has 0 saturated carbocycles. The van der Waals surface area contributed by atoms with Crippen LogP contribution >= 0.6 is 0 Å². The van der Waals surface area contributed by atoms with Crippen molar-refractivity contribution >= 4 is 16.8 Å². The molecule has 3 heteroatoms. The summed E-state index contributed by atoms with van der Waals surface area (Å²) in [5.41, 5.74) is 3.96. The fraction of sp³-hybridized carbons (Fsp3) is 0.471. The second-order valence-corrected chi connectivity index (χ2v) is 6.05. The van der Waals surface area contributed by atoms with Crippen LogP contribution in [0.25, 0.3) is 10.9 Å². The summed E-state index contributed by atoms with van der Waals surface area (Å²) in [6, 6.07) is 8.80. The molecule has 3 heterocycles. The molecule has 1 saturated heterocycles. The number of carbonyl (C=O) groups is 1. The van der Waals surface area contributed by atoms with E-state index in [0.717, 1.165) is 32.2 Å². The van der Waals surface area contributed by atoms with E-state index >= 15 is 0 Å². The average molecular weight is 268 g/mol. The molecule has 1 aromatic heterocycles. The summed E-state index contributed by atoms with van der Waals surface area (Å²) in [7, 11) is 0. The largest absolute Gasteiger partial charge is 0.356 e. The molecule has 1 aromatic carbocycles. The van der Waals surface area contributed by atoms with Crippen molar-refractivity contribution in [3.05, 3.63) is 35.5 Å². The zero-order valence-electron chi connectivity index (χ0n) is 11.9. The average Bonchev–Trinajstić information content (AvgIpc) is 2.86. The highest BCUT2D eigenvalue weighted by atomic mass is 16.2. The zero-order chi connectivity index (χ0) is 13.7. The molecule has 0 aliphatic carbocycles. The van der Waals surface area contributed by atoms with Crippen LogP contribution in [0.15, 0.2) is 24.3 Å². The summed E-state index contributed by atoms with van der Waals surface area (Å²) in [6.07, 6.45) is 3.89. The lowest BCUT2D eigenvalue weighted by Gasteiger charge is -2.43. The third-order valence-corrected chi connectivity index (χ3v) is 5.10. The Morgan fingerprint density at radius 2 is 2.15 bits per heavy atom. The Bertz CT molecular complexity index is 673. The molecule has 2 atom stereocenters. The number of fused-ring (bicyclic) bond motifs is 5. The number of nitrogens with zero attached hydrogens (tertiary/aromatic N) is 1. The Balaban J connectivity index is 1.89. The van der Waals surface area contributed by atoms with Gasteiger partial charge < -0.3 is 9.88 Å². The van der Waals surface area contributed by atoms with Gasteiger partial charge in [0.05, 0.1) is 6.04 Å². The number of nitrogens with one attached hydrogen (secondary N) is 1. The molecule has 0 spiro atoms. The third kappa shape index (κ3) is 1.55. The van der Waals surface area contributed by atoms with Crippen LogP contribution in [-0.2, 0) is 11.2 Å². The number of para-hydroxylation sites is 1. The van der Waals surface area contributed by atoms with E-state index < -0.39 is 0 Å². The second-order valence-electron chi connectivity index (χ2n) is 6.05. The van der Waals surface area contributed by atoms with Crippen molar-refractivity contribution in [2.75, 3.05) is 6.54 Å². The molecule has 0 bridgehead atoms. The monoisotopic (exact) mass is 268 g/mol. The number of hydrogen-bond donors (Lipinski definition) is 1. The summed E-state index contributed by atoms with van der Waals surface area (Å²) in [6.45, 7) is 3.13. The first-order chi connectivity index (χ1) is 9.79. The predicted octanol–water partition coefficient (Wildman–Crippen LogP) is 3.41.